The number of carbonyl (C=O) groups is 6. The molecular weight excluding hydrogens is 709 g/mol. The molecule has 0 aliphatic carbocycles. The molecule has 52 heavy (non-hydrogen) atoms. The summed E-state index contributed by atoms with van der Waals surface area (Å²) in [5, 5.41) is -0.630. The van der Waals surface area contributed by atoms with E-state index in [0.717, 1.165) is 101 Å². The Morgan fingerprint density at radius 3 is 1.08 bits per heavy atom. The first-order valence-corrected chi connectivity index (χ1v) is 19.8. The van der Waals surface area contributed by atoms with Crippen LogP contribution in [-0.4, -0.2) is 96.5 Å². The third kappa shape index (κ3) is 20.5. The van der Waals surface area contributed by atoms with E-state index in [-0.39, 0.29) is 10.2 Å². The van der Waals surface area contributed by atoms with Crippen molar-refractivity contribution in [3.05, 3.63) is 21.2 Å². The summed E-state index contributed by atoms with van der Waals surface area (Å²) in [6, 6.07) is 0. The van der Waals surface area contributed by atoms with Crippen LogP contribution in [0.1, 0.15) is 132 Å². The Morgan fingerprint density at radius 1 is 0.538 bits per heavy atom. The van der Waals surface area contributed by atoms with Crippen molar-refractivity contribution in [2.24, 2.45) is 0 Å². The second kappa shape index (κ2) is 27.0. The summed E-state index contributed by atoms with van der Waals surface area (Å²) in [6.07, 6.45) is 12.8. The zero-order valence-electron chi connectivity index (χ0n) is 33.3. The van der Waals surface area contributed by atoms with Gasteiger partial charge in [-0.2, -0.15) is 0 Å². The van der Waals surface area contributed by atoms with Gasteiger partial charge in [0.25, 0.3) is 0 Å². The van der Waals surface area contributed by atoms with Crippen molar-refractivity contribution in [2.45, 2.75) is 144 Å². The van der Waals surface area contributed by atoms with Crippen molar-refractivity contribution >= 4 is 58.5 Å². The Hall–Kier alpha value is -2.68. The Kier molecular flexibility index (Phi) is 25.6. The number of methoxy groups -OCH3 is 2. The minimum atomic E-state index is -1.29. The summed E-state index contributed by atoms with van der Waals surface area (Å²) in [4.78, 5) is 77.3. The van der Waals surface area contributed by atoms with Crippen LogP contribution in [0.25, 0.3) is 0 Å². The van der Waals surface area contributed by atoms with Gasteiger partial charge in [-0.1, -0.05) is 74.9 Å². The minimum Gasteiger partial charge on any atom is -0.451 e. The molecule has 0 heterocycles. The van der Waals surface area contributed by atoms with Gasteiger partial charge in [0.2, 0.25) is 23.1 Å². The summed E-state index contributed by atoms with van der Waals surface area (Å²) in [5.74, 6) is -1.07. The number of rotatable bonds is 29. The van der Waals surface area contributed by atoms with Gasteiger partial charge in [-0.15, -0.1) is 0 Å². The lowest BCUT2D eigenvalue weighted by Crippen LogP contribution is -2.35. The predicted octanol–water partition coefficient (Wildman–Crippen LogP) is 7.54. The van der Waals surface area contributed by atoms with Crippen molar-refractivity contribution in [3.63, 3.8) is 0 Å². The molecule has 0 unspecified atom stereocenters. The van der Waals surface area contributed by atoms with Gasteiger partial charge in [-0.25, -0.2) is 0 Å². The molecule has 0 radical (unpaired) electrons. The van der Waals surface area contributed by atoms with Crippen LogP contribution in [0.3, 0.4) is 0 Å². The van der Waals surface area contributed by atoms with E-state index in [2.05, 4.69) is 0 Å². The summed E-state index contributed by atoms with van der Waals surface area (Å²) in [5.41, 5.74) is -1.18. The van der Waals surface area contributed by atoms with Gasteiger partial charge in [0.1, 0.15) is 0 Å². The average molecular weight is 773 g/mol. The molecule has 12 nitrogen and oxygen atoms in total. The highest BCUT2D eigenvalue weighted by atomic mass is 32.2. The van der Waals surface area contributed by atoms with Gasteiger partial charge in [0.05, 0.1) is 13.2 Å². The van der Waals surface area contributed by atoms with E-state index in [0.29, 0.717) is 60.3 Å². The van der Waals surface area contributed by atoms with Crippen molar-refractivity contribution < 1.29 is 47.7 Å². The molecule has 0 N–H and O–H groups in total. The van der Waals surface area contributed by atoms with Gasteiger partial charge < -0.3 is 28.7 Å². The van der Waals surface area contributed by atoms with Gasteiger partial charge >= 0.3 is 11.9 Å². The van der Waals surface area contributed by atoms with E-state index in [9.17, 15) is 28.8 Å². The number of allylic oxidation sites excluding steroid dienone is 2. The number of ether oxygens (including phenoxy) is 4. The highest BCUT2D eigenvalue weighted by molar-refractivity contribution is 8.17. The number of amides is 2. The molecule has 2 amide bonds. The summed E-state index contributed by atoms with van der Waals surface area (Å²) in [6.45, 7) is 14.3. The Morgan fingerprint density at radius 2 is 0.827 bits per heavy atom. The second-order valence-electron chi connectivity index (χ2n) is 13.6. The minimum absolute atomic E-state index is 0.315. The summed E-state index contributed by atoms with van der Waals surface area (Å²) in [7, 11) is 3.16. The van der Waals surface area contributed by atoms with E-state index < -0.39 is 23.1 Å². The van der Waals surface area contributed by atoms with Crippen LogP contribution in [0.2, 0.25) is 0 Å². The van der Waals surface area contributed by atoms with E-state index >= 15 is 0 Å². The van der Waals surface area contributed by atoms with Crippen LogP contribution in [0.15, 0.2) is 21.2 Å². The van der Waals surface area contributed by atoms with Crippen LogP contribution < -0.4 is 0 Å². The fourth-order valence-electron chi connectivity index (χ4n) is 5.17. The molecule has 0 aromatic heterocycles. The molecule has 0 aliphatic heterocycles. The molecule has 0 rings (SSSR count). The smallest absolute Gasteiger partial charge is 0.303 e. The molecule has 298 valence electrons. The number of thioether (sulfide) groups is 2. The largest absolute Gasteiger partial charge is 0.451 e. The standard InChI is InChI=1S/C38H64N2O10S2/c1-29(33(21-25-47-9)51-35(45)37(5,6)49-31(3)43)39(27-41)23-19-17-15-13-11-12-14-16-18-20-24-40(28-42)30(2)34(22-26-48-10)52-36(46)38(7,8)50-32(4)44/h27-28H,11-26H2,1-10H3/b33-29-,34-30-. The molecule has 0 aliphatic rings. The van der Waals surface area contributed by atoms with Crippen LogP contribution >= 0.6 is 23.5 Å². The maximum Gasteiger partial charge on any atom is 0.303 e. The topological polar surface area (TPSA) is 146 Å². The number of carbonyl (C=O) groups excluding carboxylic acids is 6. The van der Waals surface area contributed by atoms with Crippen LogP contribution in [0, 0.1) is 0 Å². The van der Waals surface area contributed by atoms with Crippen LogP contribution in [0.4, 0.5) is 0 Å². The molecule has 0 atom stereocenters. The number of esters is 2. The lowest BCUT2D eigenvalue weighted by atomic mass is 10.1. The van der Waals surface area contributed by atoms with E-state index in [4.69, 9.17) is 18.9 Å². The molecule has 0 bridgehead atoms. The van der Waals surface area contributed by atoms with Crippen molar-refractivity contribution in [3.8, 4) is 0 Å². The Balaban J connectivity index is 4.72. The molecule has 0 aromatic rings. The lowest BCUT2D eigenvalue weighted by Gasteiger charge is -2.25. The number of unbranched alkanes of at least 4 members (excludes halogenated alkanes) is 9. The normalized spacial score (nSPS) is 12.7. The fraction of sp³-hybridized carbons (Fsp3) is 0.737. The highest BCUT2D eigenvalue weighted by Gasteiger charge is 2.34. The number of nitrogens with zero attached hydrogens (tertiary/aromatic N) is 2. The zero-order valence-corrected chi connectivity index (χ0v) is 34.9. The molecule has 0 aromatic carbocycles. The summed E-state index contributed by atoms with van der Waals surface area (Å²) >= 11 is 1.98. The molecular formula is C38H64N2O10S2. The van der Waals surface area contributed by atoms with Crippen LogP contribution in [-0.2, 0) is 47.7 Å². The SMILES string of the molecule is COCC/C(SC(=O)C(C)(C)OC(C)=O)=C(\C)N(C=O)CCCCCCCCCCCCN(C=O)/C(C)=C(/CCOC)SC(=O)C(C)(C)OC(C)=O. The average Bonchev–Trinajstić information content (AvgIpc) is 3.06. The van der Waals surface area contributed by atoms with Crippen LogP contribution in [0.5, 0.6) is 0 Å². The van der Waals surface area contributed by atoms with Gasteiger partial charge in [-0.05, 0) is 54.4 Å². The number of hydrogen-bond acceptors (Lipinski definition) is 12. The van der Waals surface area contributed by atoms with Gasteiger partial charge in [0, 0.05) is 75.2 Å². The monoisotopic (exact) mass is 772 g/mol. The first-order valence-electron chi connectivity index (χ1n) is 18.1. The lowest BCUT2D eigenvalue weighted by molar-refractivity contribution is -0.158. The van der Waals surface area contributed by atoms with E-state index in [1.807, 2.05) is 13.8 Å². The maximum absolute atomic E-state index is 12.9. The van der Waals surface area contributed by atoms with E-state index in [1.165, 1.54) is 13.8 Å². The highest BCUT2D eigenvalue weighted by Crippen LogP contribution is 2.32. The first-order chi connectivity index (χ1) is 24.5. The molecule has 14 heteroatoms. The third-order valence-corrected chi connectivity index (χ3v) is 11.1. The molecule has 0 saturated heterocycles. The van der Waals surface area contributed by atoms with Crippen molar-refractivity contribution in [1.82, 2.24) is 9.80 Å². The number of hydrogen-bond donors (Lipinski definition) is 0. The molecule has 0 fully saturated rings. The quantitative estimate of drug-likeness (QED) is 0.0421. The first kappa shape index (κ1) is 49.3. The van der Waals surface area contributed by atoms with Gasteiger partial charge in [0.15, 0.2) is 11.2 Å². The summed E-state index contributed by atoms with van der Waals surface area (Å²) < 4.78 is 20.8. The Labute approximate surface area is 320 Å². The maximum atomic E-state index is 12.9. The van der Waals surface area contributed by atoms with Crippen molar-refractivity contribution in [1.29, 1.82) is 0 Å². The molecule has 0 saturated carbocycles. The van der Waals surface area contributed by atoms with Crippen molar-refractivity contribution in [2.75, 3.05) is 40.5 Å². The fourth-order valence-corrected chi connectivity index (χ4v) is 7.09. The van der Waals surface area contributed by atoms with Gasteiger partial charge in [-0.3, -0.25) is 28.8 Å². The zero-order chi connectivity index (χ0) is 39.7. The molecule has 0 spiro atoms. The third-order valence-electron chi connectivity index (χ3n) is 8.25. The second-order valence-corrected chi connectivity index (χ2v) is 15.8. The van der Waals surface area contributed by atoms with E-state index in [1.54, 1.807) is 51.7 Å². The Bertz CT molecular complexity index is 1120. The predicted molar refractivity (Wildman–Crippen MR) is 207 cm³/mol.